The van der Waals surface area contributed by atoms with E-state index in [2.05, 4.69) is 11.4 Å². The summed E-state index contributed by atoms with van der Waals surface area (Å²) in [6.07, 6.45) is 4.88. The van der Waals surface area contributed by atoms with Gasteiger partial charge in [0.15, 0.2) is 0 Å². The van der Waals surface area contributed by atoms with Crippen LogP contribution in [-0.4, -0.2) is 26.3 Å². The van der Waals surface area contributed by atoms with E-state index >= 15 is 0 Å². The first-order valence-corrected chi connectivity index (χ1v) is 4.43. The standard InChI is InChI=1S/C9H15NO/c1-3-10-6-8(1)5-9-2-4-11-7-9/h5,9-10H,1-4,6-7H2/b8-5-. The van der Waals surface area contributed by atoms with Crippen molar-refractivity contribution in [3.05, 3.63) is 11.6 Å². The highest BCUT2D eigenvalue weighted by atomic mass is 16.5. The van der Waals surface area contributed by atoms with Crippen LogP contribution < -0.4 is 5.32 Å². The van der Waals surface area contributed by atoms with Gasteiger partial charge in [0.1, 0.15) is 0 Å². The molecule has 0 spiro atoms. The quantitative estimate of drug-likeness (QED) is 0.566. The molecule has 0 aliphatic carbocycles. The van der Waals surface area contributed by atoms with Crippen molar-refractivity contribution in [2.45, 2.75) is 12.8 Å². The maximum absolute atomic E-state index is 5.30. The summed E-state index contributed by atoms with van der Waals surface area (Å²) >= 11 is 0. The molecule has 2 heteroatoms. The van der Waals surface area contributed by atoms with Gasteiger partial charge in [-0.1, -0.05) is 11.6 Å². The van der Waals surface area contributed by atoms with Crippen LogP contribution in [0, 0.1) is 5.92 Å². The first-order valence-electron chi connectivity index (χ1n) is 4.43. The Hall–Kier alpha value is -0.340. The number of rotatable bonds is 1. The lowest BCUT2D eigenvalue weighted by Crippen LogP contribution is -2.05. The number of hydrogen-bond acceptors (Lipinski definition) is 2. The van der Waals surface area contributed by atoms with Crippen LogP contribution in [-0.2, 0) is 4.74 Å². The third kappa shape index (κ3) is 1.82. The minimum absolute atomic E-state index is 0.713. The Kier molecular flexibility index (Phi) is 2.24. The van der Waals surface area contributed by atoms with Crippen molar-refractivity contribution in [2.75, 3.05) is 26.3 Å². The van der Waals surface area contributed by atoms with Gasteiger partial charge in [0, 0.05) is 19.1 Å². The van der Waals surface area contributed by atoms with Crippen LogP contribution in [0.25, 0.3) is 0 Å². The molecule has 0 aromatic rings. The van der Waals surface area contributed by atoms with Crippen molar-refractivity contribution < 1.29 is 4.74 Å². The highest BCUT2D eigenvalue weighted by Crippen LogP contribution is 2.17. The first-order chi connectivity index (χ1) is 5.45. The molecule has 2 rings (SSSR count). The van der Waals surface area contributed by atoms with Gasteiger partial charge in [-0.3, -0.25) is 0 Å². The number of ether oxygens (including phenoxy) is 1. The SMILES string of the molecule is C(=C1\CCNC1)/C1CCOC1. The molecule has 11 heavy (non-hydrogen) atoms. The molecule has 1 N–H and O–H groups in total. The Balaban J connectivity index is 1.89. The van der Waals surface area contributed by atoms with Gasteiger partial charge in [0.2, 0.25) is 0 Å². The van der Waals surface area contributed by atoms with Crippen LogP contribution >= 0.6 is 0 Å². The monoisotopic (exact) mass is 153 g/mol. The number of nitrogens with one attached hydrogen (secondary N) is 1. The fraction of sp³-hybridized carbons (Fsp3) is 0.778. The average molecular weight is 153 g/mol. The molecule has 2 heterocycles. The van der Waals surface area contributed by atoms with Gasteiger partial charge in [-0.05, 0) is 19.4 Å². The van der Waals surface area contributed by atoms with Crippen molar-refractivity contribution in [2.24, 2.45) is 5.92 Å². The maximum atomic E-state index is 5.30. The largest absolute Gasteiger partial charge is 0.381 e. The van der Waals surface area contributed by atoms with Gasteiger partial charge >= 0.3 is 0 Å². The molecule has 0 radical (unpaired) electrons. The van der Waals surface area contributed by atoms with Crippen LogP contribution in [0.3, 0.4) is 0 Å². The van der Waals surface area contributed by atoms with E-state index in [1.165, 1.54) is 19.4 Å². The molecule has 0 bridgehead atoms. The van der Waals surface area contributed by atoms with E-state index in [1.54, 1.807) is 5.57 Å². The predicted octanol–water partition coefficient (Wildman–Crippen LogP) is 0.943. The Bertz CT molecular complexity index is 151. The summed E-state index contributed by atoms with van der Waals surface area (Å²) < 4.78 is 5.30. The second-order valence-corrected chi connectivity index (χ2v) is 3.38. The molecular formula is C9H15NO. The van der Waals surface area contributed by atoms with Crippen molar-refractivity contribution >= 4 is 0 Å². The molecule has 1 atom stereocenters. The fourth-order valence-electron chi connectivity index (χ4n) is 1.75. The Morgan fingerprint density at radius 2 is 2.55 bits per heavy atom. The van der Waals surface area contributed by atoms with Crippen molar-refractivity contribution in [3.63, 3.8) is 0 Å². The third-order valence-electron chi connectivity index (χ3n) is 2.41. The predicted molar refractivity (Wildman–Crippen MR) is 44.5 cm³/mol. The summed E-state index contributed by atoms with van der Waals surface area (Å²) in [6, 6.07) is 0. The smallest absolute Gasteiger partial charge is 0.0529 e. The Labute approximate surface area is 67.6 Å². The molecule has 0 amide bonds. The summed E-state index contributed by atoms with van der Waals surface area (Å²) in [5.41, 5.74) is 1.58. The van der Waals surface area contributed by atoms with Gasteiger partial charge in [0.25, 0.3) is 0 Å². The van der Waals surface area contributed by atoms with Crippen LogP contribution in [0.5, 0.6) is 0 Å². The topological polar surface area (TPSA) is 21.3 Å². The molecule has 0 aromatic carbocycles. The van der Waals surface area contributed by atoms with Gasteiger partial charge in [-0.15, -0.1) is 0 Å². The minimum atomic E-state index is 0.713. The molecule has 2 nitrogen and oxygen atoms in total. The van der Waals surface area contributed by atoms with Crippen LogP contribution in [0.1, 0.15) is 12.8 Å². The van der Waals surface area contributed by atoms with Crippen molar-refractivity contribution in [1.29, 1.82) is 0 Å². The van der Waals surface area contributed by atoms with Crippen molar-refractivity contribution in [3.8, 4) is 0 Å². The molecular weight excluding hydrogens is 138 g/mol. The summed E-state index contributed by atoms with van der Waals surface area (Å²) in [4.78, 5) is 0. The van der Waals surface area contributed by atoms with Gasteiger partial charge in [-0.2, -0.15) is 0 Å². The third-order valence-corrected chi connectivity index (χ3v) is 2.41. The molecule has 2 aliphatic rings. The van der Waals surface area contributed by atoms with E-state index in [0.717, 1.165) is 19.8 Å². The first kappa shape index (κ1) is 7.32. The van der Waals surface area contributed by atoms with Gasteiger partial charge in [-0.25, -0.2) is 0 Å². The highest BCUT2D eigenvalue weighted by molar-refractivity contribution is 5.11. The number of hydrogen-bond donors (Lipinski definition) is 1. The van der Waals surface area contributed by atoms with E-state index in [9.17, 15) is 0 Å². The molecule has 2 aliphatic heterocycles. The fourth-order valence-corrected chi connectivity index (χ4v) is 1.75. The lowest BCUT2D eigenvalue weighted by atomic mass is 10.0. The molecule has 62 valence electrons. The molecule has 2 saturated heterocycles. The second kappa shape index (κ2) is 3.37. The van der Waals surface area contributed by atoms with Gasteiger partial charge in [0.05, 0.1) is 6.61 Å². The zero-order valence-corrected chi connectivity index (χ0v) is 6.81. The van der Waals surface area contributed by atoms with E-state index < -0.39 is 0 Å². The summed E-state index contributed by atoms with van der Waals surface area (Å²) in [5.74, 6) is 0.713. The molecule has 0 aromatic heterocycles. The summed E-state index contributed by atoms with van der Waals surface area (Å²) in [5, 5.41) is 3.34. The Morgan fingerprint density at radius 1 is 1.55 bits per heavy atom. The van der Waals surface area contributed by atoms with E-state index in [1.807, 2.05) is 0 Å². The van der Waals surface area contributed by atoms with Crippen LogP contribution in [0.2, 0.25) is 0 Å². The average Bonchev–Trinajstić information content (AvgIpc) is 2.60. The minimum Gasteiger partial charge on any atom is -0.381 e. The molecule has 1 unspecified atom stereocenters. The summed E-state index contributed by atoms with van der Waals surface area (Å²) in [7, 11) is 0. The molecule has 0 saturated carbocycles. The maximum Gasteiger partial charge on any atom is 0.0529 e. The zero-order valence-electron chi connectivity index (χ0n) is 6.81. The van der Waals surface area contributed by atoms with Crippen LogP contribution in [0.15, 0.2) is 11.6 Å². The lowest BCUT2D eigenvalue weighted by molar-refractivity contribution is 0.191. The van der Waals surface area contributed by atoms with E-state index in [-0.39, 0.29) is 0 Å². The Morgan fingerprint density at radius 3 is 3.18 bits per heavy atom. The van der Waals surface area contributed by atoms with Crippen LogP contribution in [0.4, 0.5) is 0 Å². The van der Waals surface area contributed by atoms with E-state index in [0.29, 0.717) is 5.92 Å². The zero-order chi connectivity index (χ0) is 7.52. The second-order valence-electron chi connectivity index (χ2n) is 3.38. The highest BCUT2D eigenvalue weighted by Gasteiger charge is 2.15. The lowest BCUT2D eigenvalue weighted by Gasteiger charge is -2.00. The van der Waals surface area contributed by atoms with Gasteiger partial charge < -0.3 is 10.1 Å². The normalized spacial score (nSPS) is 35.3. The van der Waals surface area contributed by atoms with E-state index in [4.69, 9.17) is 4.74 Å². The summed E-state index contributed by atoms with van der Waals surface area (Å²) in [6.45, 7) is 4.18. The molecule has 2 fully saturated rings. The van der Waals surface area contributed by atoms with Crippen molar-refractivity contribution in [1.82, 2.24) is 5.32 Å².